The van der Waals surface area contributed by atoms with E-state index in [0.29, 0.717) is 47.2 Å². The number of rotatable bonds is 5. The van der Waals surface area contributed by atoms with E-state index in [-0.39, 0.29) is 11.7 Å². The van der Waals surface area contributed by atoms with Crippen LogP contribution in [0.15, 0.2) is 53.5 Å². The molecule has 1 aromatic carbocycles. The van der Waals surface area contributed by atoms with Gasteiger partial charge < -0.3 is 10.1 Å². The maximum absolute atomic E-state index is 13.7. The molecule has 174 valence electrons. The fourth-order valence-electron chi connectivity index (χ4n) is 4.32. The second-order valence-electron chi connectivity index (χ2n) is 8.56. The van der Waals surface area contributed by atoms with Crippen LogP contribution in [0.5, 0.6) is 0 Å². The molecule has 3 aromatic heterocycles. The lowest BCUT2D eigenvalue weighted by Crippen LogP contribution is -2.39. The van der Waals surface area contributed by atoms with Gasteiger partial charge in [0.05, 0.1) is 18.4 Å². The summed E-state index contributed by atoms with van der Waals surface area (Å²) in [5.41, 5.74) is 4.38. The van der Waals surface area contributed by atoms with Crippen molar-refractivity contribution >= 4 is 22.6 Å². The van der Waals surface area contributed by atoms with Crippen molar-refractivity contribution in [3.05, 3.63) is 75.6 Å². The zero-order valence-electron chi connectivity index (χ0n) is 19.2. The van der Waals surface area contributed by atoms with Gasteiger partial charge in [0.2, 0.25) is 0 Å². The quantitative estimate of drug-likeness (QED) is 0.466. The maximum Gasteiger partial charge on any atom is 0.260 e. The van der Waals surface area contributed by atoms with Gasteiger partial charge in [-0.25, -0.2) is 9.97 Å². The highest BCUT2D eigenvalue weighted by molar-refractivity contribution is 6.33. The van der Waals surface area contributed by atoms with Gasteiger partial charge in [0.15, 0.2) is 0 Å². The molecule has 4 aromatic rings. The molecule has 4 heterocycles. The third-order valence-corrected chi connectivity index (χ3v) is 6.38. The molecule has 0 unspecified atom stereocenters. The highest BCUT2D eigenvalue weighted by Gasteiger charge is 2.18. The van der Waals surface area contributed by atoms with Crippen molar-refractivity contribution in [3.8, 4) is 22.4 Å². The number of benzene rings is 1. The number of pyridine rings is 2. The van der Waals surface area contributed by atoms with Crippen LogP contribution in [-0.2, 0) is 11.3 Å². The van der Waals surface area contributed by atoms with Crippen LogP contribution in [0, 0.1) is 13.8 Å². The van der Waals surface area contributed by atoms with E-state index in [1.165, 1.54) is 0 Å². The highest BCUT2D eigenvalue weighted by atomic mass is 35.5. The van der Waals surface area contributed by atoms with Gasteiger partial charge in [0.25, 0.3) is 5.56 Å². The maximum atomic E-state index is 13.7. The molecular formula is C26H26ClN5O2. The van der Waals surface area contributed by atoms with Crippen LogP contribution in [0.25, 0.3) is 33.4 Å². The predicted octanol–water partition coefficient (Wildman–Crippen LogP) is 4.17. The summed E-state index contributed by atoms with van der Waals surface area (Å²) < 4.78 is 7.56. The number of nitrogens with zero attached hydrogens (tertiary/aromatic N) is 4. The van der Waals surface area contributed by atoms with Gasteiger partial charge in [0, 0.05) is 58.6 Å². The molecule has 0 radical (unpaired) electrons. The van der Waals surface area contributed by atoms with E-state index in [1.54, 1.807) is 10.8 Å². The van der Waals surface area contributed by atoms with Crippen LogP contribution >= 0.6 is 11.6 Å². The first kappa shape index (κ1) is 22.7. The number of hydrogen-bond donors (Lipinski definition) is 1. The Morgan fingerprint density at radius 2 is 2.03 bits per heavy atom. The van der Waals surface area contributed by atoms with E-state index in [0.717, 1.165) is 35.4 Å². The van der Waals surface area contributed by atoms with Crippen LogP contribution in [0.2, 0.25) is 5.02 Å². The first-order valence-corrected chi connectivity index (χ1v) is 11.8. The summed E-state index contributed by atoms with van der Waals surface area (Å²) >= 11 is 6.72. The number of ether oxygens (including phenoxy) is 1. The van der Waals surface area contributed by atoms with Gasteiger partial charge in [-0.05, 0) is 44.5 Å². The van der Waals surface area contributed by atoms with E-state index in [4.69, 9.17) is 16.3 Å². The van der Waals surface area contributed by atoms with Gasteiger partial charge in [-0.15, -0.1) is 0 Å². The van der Waals surface area contributed by atoms with Gasteiger partial charge in [-0.1, -0.05) is 29.8 Å². The monoisotopic (exact) mass is 475 g/mol. The number of morpholine rings is 1. The normalized spacial score (nSPS) is 16.1. The van der Waals surface area contributed by atoms with Crippen LogP contribution in [0.3, 0.4) is 0 Å². The largest absolute Gasteiger partial charge is 0.376 e. The van der Waals surface area contributed by atoms with Gasteiger partial charge >= 0.3 is 0 Å². The van der Waals surface area contributed by atoms with Crippen LogP contribution in [0.1, 0.15) is 17.9 Å². The van der Waals surface area contributed by atoms with Gasteiger partial charge in [-0.2, -0.15) is 0 Å². The Morgan fingerprint density at radius 3 is 2.79 bits per heavy atom. The number of halogens is 1. The Kier molecular flexibility index (Phi) is 6.41. The fraction of sp³-hybridized carbons (Fsp3) is 0.308. The fourth-order valence-corrected chi connectivity index (χ4v) is 4.60. The van der Waals surface area contributed by atoms with Crippen LogP contribution in [-0.4, -0.2) is 45.3 Å². The zero-order valence-corrected chi connectivity index (χ0v) is 20.0. The molecule has 1 aliphatic heterocycles. The minimum atomic E-state index is -0.127. The predicted molar refractivity (Wildman–Crippen MR) is 134 cm³/mol. The van der Waals surface area contributed by atoms with E-state index < -0.39 is 0 Å². The van der Waals surface area contributed by atoms with Crippen molar-refractivity contribution in [1.29, 1.82) is 0 Å². The summed E-state index contributed by atoms with van der Waals surface area (Å²) in [7, 11) is 0. The van der Waals surface area contributed by atoms with Crippen molar-refractivity contribution in [2.45, 2.75) is 32.9 Å². The average molecular weight is 476 g/mol. The van der Waals surface area contributed by atoms with Crippen molar-refractivity contribution in [1.82, 2.24) is 24.8 Å². The summed E-state index contributed by atoms with van der Waals surface area (Å²) in [6, 6.07) is 13.4. The summed E-state index contributed by atoms with van der Waals surface area (Å²) in [5, 5.41) is 4.63. The molecule has 5 rings (SSSR count). The molecule has 1 fully saturated rings. The molecule has 34 heavy (non-hydrogen) atoms. The van der Waals surface area contributed by atoms with Crippen LogP contribution in [0.4, 0.5) is 0 Å². The van der Waals surface area contributed by atoms with Crippen molar-refractivity contribution < 1.29 is 4.74 Å². The Labute approximate surface area is 202 Å². The second-order valence-corrected chi connectivity index (χ2v) is 8.96. The molecule has 0 saturated carbocycles. The zero-order chi connectivity index (χ0) is 23.7. The van der Waals surface area contributed by atoms with E-state index >= 15 is 0 Å². The summed E-state index contributed by atoms with van der Waals surface area (Å²) in [6.07, 6.45) is 2.53. The number of nitrogens with one attached hydrogen (secondary N) is 1. The third kappa shape index (κ3) is 4.59. The van der Waals surface area contributed by atoms with Gasteiger partial charge in [-0.3, -0.25) is 14.3 Å². The first-order valence-electron chi connectivity index (χ1n) is 11.4. The molecule has 1 aliphatic rings. The first-order chi connectivity index (χ1) is 16.5. The standard InChI is InChI=1S/C26H26ClN5O2/c1-16-4-3-5-24(30-16)18-6-7-21(23(27)13-18)22-12-19-14-29-17(2)31-25(19)32(26(22)33)10-8-20-15-28-9-11-34-20/h3-7,12-14,20,28H,8-11,15H2,1-2H3/t20-/m0/s1. The second kappa shape index (κ2) is 9.62. The molecule has 0 amide bonds. The Hall–Kier alpha value is -3.13. The van der Waals surface area contributed by atoms with E-state index in [1.807, 2.05) is 56.3 Å². The molecule has 1 saturated heterocycles. The summed E-state index contributed by atoms with van der Waals surface area (Å²) in [6.45, 7) is 6.59. The summed E-state index contributed by atoms with van der Waals surface area (Å²) in [4.78, 5) is 27.2. The minimum Gasteiger partial charge on any atom is -0.376 e. The molecule has 8 heteroatoms. The molecule has 1 atom stereocenters. The topological polar surface area (TPSA) is 81.9 Å². The van der Waals surface area contributed by atoms with E-state index in [2.05, 4.69) is 20.3 Å². The number of fused-ring (bicyclic) bond motifs is 1. The highest BCUT2D eigenvalue weighted by Crippen LogP contribution is 2.31. The van der Waals surface area contributed by atoms with Crippen LogP contribution < -0.4 is 10.9 Å². The molecule has 0 spiro atoms. The minimum absolute atomic E-state index is 0.0620. The average Bonchev–Trinajstić information content (AvgIpc) is 2.84. The summed E-state index contributed by atoms with van der Waals surface area (Å²) in [5.74, 6) is 0.622. The lowest BCUT2D eigenvalue weighted by Gasteiger charge is -2.24. The number of aryl methyl sites for hydroxylation is 3. The van der Waals surface area contributed by atoms with Crippen molar-refractivity contribution in [2.75, 3.05) is 19.7 Å². The van der Waals surface area contributed by atoms with Gasteiger partial charge in [0.1, 0.15) is 11.5 Å². The molecule has 0 bridgehead atoms. The van der Waals surface area contributed by atoms with Crippen molar-refractivity contribution in [3.63, 3.8) is 0 Å². The number of aromatic nitrogens is 4. The lowest BCUT2D eigenvalue weighted by atomic mass is 10.0. The SMILES string of the molecule is Cc1cccc(-c2ccc(-c3cc4cnc(C)nc4n(CC[C@H]4CNCCO4)c3=O)c(Cl)c2)n1. The third-order valence-electron chi connectivity index (χ3n) is 6.07. The molecule has 7 nitrogen and oxygen atoms in total. The van der Waals surface area contributed by atoms with E-state index in [9.17, 15) is 4.79 Å². The molecule has 0 aliphatic carbocycles. The molecule has 1 N–H and O–H groups in total. The smallest absolute Gasteiger partial charge is 0.260 e. The Balaban J connectivity index is 1.57. The van der Waals surface area contributed by atoms with Crippen molar-refractivity contribution in [2.24, 2.45) is 0 Å². The lowest BCUT2D eigenvalue weighted by molar-refractivity contribution is 0.0211. The number of hydrogen-bond acceptors (Lipinski definition) is 6. The molecular weight excluding hydrogens is 450 g/mol. The Morgan fingerprint density at radius 1 is 1.15 bits per heavy atom. The Bertz CT molecular complexity index is 1410.